The van der Waals surface area contributed by atoms with Crippen molar-refractivity contribution in [2.24, 2.45) is 5.92 Å². The Hall–Kier alpha value is -2.53. The minimum Gasteiger partial charge on any atom is -0.493 e. The van der Waals surface area contributed by atoms with Crippen LogP contribution in [0, 0.1) is 5.92 Å². The summed E-state index contributed by atoms with van der Waals surface area (Å²) in [5, 5.41) is 3.36. The van der Waals surface area contributed by atoms with Crippen LogP contribution in [-0.2, 0) is 17.8 Å². The number of methoxy groups -OCH3 is 2. The van der Waals surface area contributed by atoms with Gasteiger partial charge in [-0.05, 0) is 55.0 Å². The Balaban J connectivity index is 1.65. The molecule has 5 heteroatoms. The molecule has 0 unspecified atom stereocenters. The highest BCUT2D eigenvalue weighted by molar-refractivity contribution is 5.79. The van der Waals surface area contributed by atoms with Crippen LogP contribution >= 0.6 is 0 Å². The standard InChI is InChI=1S/C26H34N2O3/c1-18(27-26(29)20-11-7-8-12-20)25-22-16-24(31-3)23(30-2)15-21(22)13-14-28(25)17-19-9-5-4-6-10-19/h4-6,9-10,15-16,18,20,25H,7-8,11-14,17H2,1-3H3,(H,27,29)/t18-,25+/m0/s1. The number of nitrogens with one attached hydrogen (secondary N) is 1. The Kier molecular flexibility index (Phi) is 6.81. The highest BCUT2D eigenvalue weighted by Gasteiger charge is 2.35. The van der Waals surface area contributed by atoms with Crippen LogP contribution in [0.5, 0.6) is 11.5 Å². The molecule has 1 fully saturated rings. The monoisotopic (exact) mass is 422 g/mol. The average Bonchev–Trinajstić information content (AvgIpc) is 3.33. The molecule has 1 aliphatic heterocycles. The van der Waals surface area contributed by atoms with Gasteiger partial charge in [-0.15, -0.1) is 0 Å². The third-order valence-electron chi connectivity index (χ3n) is 6.82. The summed E-state index contributed by atoms with van der Waals surface area (Å²) in [4.78, 5) is 15.4. The van der Waals surface area contributed by atoms with Crippen LogP contribution in [0.25, 0.3) is 0 Å². The molecule has 31 heavy (non-hydrogen) atoms. The number of carbonyl (C=O) groups is 1. The molecule has 1 N–H and O–H groups in total. The number of rotatable bonds is 7. The summed E-state index contributed by atoms with van der Waals surface area (Å²) in [7, 11) is 3.35. The van der Waals surface area contributed by atoms with Crippen LogP contribution in [0.15, 0.2) is 42.5 Å². The largest absolute Gasteiger partial charge is 0.493 e. The molecule has 4 rings (SSSR count). The van der Waals surface area contributed by atoms with Crippen LogP contribution in [0.2, 0.25) is 0 Å². The maximum absolute atomic E-state index is 12.9. The van der Waals surface area contributed by atoms with Gasteiger partial charge in [-0.2, -0.15) is 0 Å². The van der Waals surface area contributed by atoms with Crippen LogP contribution in [0.3, 0.4) is 0 Å². The third-order valence-corrected chi connectivity index (χ3v) is 6.82. The van der Waals surface area contributed by atoms with Crippen LogP contribution < -0.4 is 14.8 Å². The molecule has 1 saturated carbocycles. The van der Waals surface area contributed by atoms with Gasteiger partial charge in [-0.1, -0.05) is 43.2 Å². The van der Waals surface area contributed by atoms with Gasteiger partial charge in [0.25, 0.3) is 0 Å². The summed E-state index contributed by atoms with van der Waals surface area (Å²) in [5.41, 5.74) is 3.78. The maximum Gasteiger partial charge on any atom is 0.223 e. The van der Waals surface area contributed by atoms with Gasteiger partial charge in [-0.25, -0.2) is 0 Å². The predicted molar refractivity (Wildman–Crippen MR) is 122 cm³/mol. The molecule has 2 aromatic carbocycles. The number of amides is 1. The Labute approximate surface area is 185 Å². The molecular formula is C26H34N2O3. The fraction of sp³-hybridized carbons (Fsp3) is 0.500. The fourth-order valence-corrected chi connectivity index (χ4v) is 5.22. The van der Waals surface area contributed by atoms with Crippen LogP contribution in [-0.4, -0.2) is 37.6 Å². The highest BCUT2D eigenvalue weighted by atomic mass is 16.5. The maximum atomic E-state index is 12.9. The number of benzene rings is 2. The minimum atomic E-state index is -0.00559. The van der Waals surface area contributed by atoms with Gasteiger partial charge in [0.05, 0.1) is 20.3 Å². The van der Waals surface area contributed by atoms with E-state index in [2.05, 4.69) is 53.5 Å². The normalized spacial score (nSPS) is 20.2. The van der Waals surface area contributed by atoms with Crippen molar-refractivity contribution in [3.05, 3.63) is 59.2 Å². The molecule has 166 valence electrons. The van der Waals surface area contributed by atoms with Gasteiger partial charge in [0.2, 0.25) is 5.91 Å². The summed E-state index contributed by atoms with van der Waals surface area (Å²) in [5.74, 6) is 1.87. The summed E-state index contributed by atoms with van der Waals surface area (Å²) < 4.78 is 11.2. The number of carbonyl (C=O) groups excluding carboxylic acids is 1. The first kappa shape index (κ1) is 21.7. The van der Waals surface area contributed by atoms with Gasteiger partial charge in [0, 0.05) is 25.0 Å². The Morgan fingerprint density at radius 3 is 2.45 bits per heavy atom. The average molecular weight is 423 g/mol. The second-order valence-corrected chi connectivity index (χ2v) is 8.84. The molecule has 1 aliphatic carbocycles. The first-order valence-corrected chi connectivity index (χ1v) is 11.4. The number of hydrogen-bond acceptors (Lipinski definition) is 4. The molecule has 0 saturated heterocycles. The topological polar surface area (TPSA) is 50.8 Å². The van der Waals surface area contributed by atoms with Gasteiger partial charge < -0.3 is 14.8 Å². The Morgan fingerprint density at radius 1 is 1.10 bits per heavy atom. The quantitative estimate of drug-likeness (QED) is 0.714. The number of fused-ring (bicyclic) bond motifs is 1. The Bertz CT molecular complexity index is 893. The van der Waals surface area contributed by atoms with Crippen molar-refractivity contribution < 1.29 is 14.3 Å². The molecule has 5 nitrogen and oxygen atoms in total. The van der Waals surface area contributed by atoms with E-state index >= 15 is 0 Å². The first-order chi connectivity index (χ1) is 15.1. The molecule has 2 aromatic rings. The van der Waals surface area contributed by atoms with Crippen molar-refractivity contribution in [3.8, 4) is 11.5 Å². The van der Waals surface area contributed by atoms with Gasteiger partial charge in [0.1, 0.15) is 0 Å². The van der Waals surface area contributed by atoms with E-state index in [4.69, 9.17) is 9.47 Å². The van der Waals surface area contributed by atoms with E-state index in [1.165, 1.54) is 16.7 Å². The van der Waals surface area contributed by atoms with Crippen molar-refractivity contribution in [3.63, 3.8) is 0 Å². The molecule has 0 bridgehead atoms. The summed E-state index contributed by atoms with van der Waals surface area (Å²) in [6, 6.07) is 14.8. The fourth-order valence-electron chi connectivity index (χ4n) is 5.22. The Morgan fingerprint density at radius 2 is 1.77 bits per heavy atom. The first-order valence-electron chi connectivity index (χ1n) is 11.4. The van der Waals surface area contributed by atoms with E-state index in [1.807, 2.05) is 6.07 Å². The summed E-state index contributed by atoms with van der Waals surface area (Å²) in [6.07, 6.45) is 5.30. The summed E-state index contributed by atoms with van der Waals surface area (Å²) in [6.45, 7) is 3.93. The zero-order valence-electron chi connectivity index (χ0n) is 18.9. The highest BCUT2D eigenvalue weighted by Crippen LogP contribution is 2.40. The second kappa shape index (κ2) is 9.73. The van der Waals surface area contributed by atoms with Crippen molar-refractivity contribution in [1.82, 2.24) is 10.2 Å². The third kappa shape index (κ3) is 4.72. The molecule has 0 radical (unpaired) electrons. The lowest BCUT2D eigenvalue weighted by Gasteiger charge is -2.41. The van der Waals surface area contributed by atoms with E-state index < -0.39 is 0 Å². The predicted octanol–water partition coefficient (Wildman–Crippen LogP) is 4.50. The smallest absolute Gasteiger partial charge is 0.223 e. The zero-order chi connectivity index (χ0) is 21.8. The van der Waals surface area contributed by atoms with E-state index in [0.29, 0.717) is 0 Å². The minimum absolute atomic E-state index is 0.00559. The number of hydrogen-bond donors (Lipinski definition) is 1. The molecule has 1 amide bonds. The lowest BCUT2D eigenvalue weighted by molar-refractivity contribution is -0.126. The molecule has 2 atom stereocenters. The zero-order valence-corrected chi connectivity index (χ0v) is 18.9. The molecule has 0 aromatic heterocycles. The second-order valence-electron chi connectivity index (χ2n) is 8.84. The lowest BCUT2D eigenvalue weighted by atomic mass is 9.87. The van der Waals surface area contributed by atoms with E-state index in [0.717, 1.165) is 56.7 Å². The van der Waals surface area contributed by atoms with Gasteiger partial charge >= 0.3 is 0 Å². The van der Waals surface area contributed by atoms with E-state index in [1.54, 1.807) is 14.2 Å². The van der Waals surface area contributed by atoms with E-state index in [-0.39, 0.29) is 23.9 Å². The molecule has 2 aliphatic rings. The molecular weight excluding hydrogens is 388 g/mol. The van der Waals surface area contributed by atoms with E-state index in [9.17, 15) is 4.79 Å². The molecule has 0 spiro atoms. The SMILES string of the molecule is COc1cc2c(cc1OC)[C@@H]([C@H](C)NC(=O)C1CCCC1)N(Cc1ccccc1)CC2. The lowest BCUT2D eigenvalue weighted by Crippen LogP contribution is -2.48. The molecule has 1 heterocycles. The van der Waals surface area contributed by atoms with Crippen LogP contribution in [0.1, 0.15) is 55.3 Å². The van der Waals surface area contributed by atoms with Gasteiger partial charge in [0.15, 0.2) is 11.5 Å². The van der Waals surface area contributed by atoms with Crippen molar-refractivity contribution >= 4 is 5.91 Å². The number of ether oxygens (including phenoxy) is 2. The van der Waals surface area contributed by atoms with Crippen molar-refractivity contribution in [1.29, 1.82) is 0 Å². The summed E-state index contributed by atoms with van der Waals surface area (Å²) >= 11 is 0. The van der Waals surface area contributed by atoms with Crippen LogP contribution in [0.4, 0.5) is 0 Å². The van der Waals surface area contributed by atoms with Gasteiger partial charge in [-0.3, -0.25) is 9.69 Å². The van der Waals surface area contributed by atoms with Crippen molar-refractivity contribution in [2.75, 3.05) is 20.8 Å². The van der Waals surface area contributed by atoms with Crippen molar-refractivity contribution in [2.45, 2.75) is 57.7 Å². The number of nitrogens with zero attached hydrogens (tertiary/aromatic N) is 1.